The number of Topliss-reactive ketones (excluding diaryl/α,β-unsaturated/α-hetero) is 1. The lowest BCUT2D eigenvalue weighted by Gasteiger charge is -2.27. The van der Waals surface area contributed by atoms with Gasteiger partial charge in [-0.05, 0) is 11.8 Å². The van der Waals surface area contributed by atoms with Crippen LogP contribution in [0, 0.1) is 11.8 Å². The zero-order chi connectivity index (χ0) is 9.68. The number of hydrogen-bond acceptors (Lipinski definition) is 1. The molecule has 0 bridgehead atoms. The normalized spacial score (nSPS) is 21.4. The predicted molar refractivity (Wildman–Crippen MR) is 55.7 cm³/mol. The van der Waals surface area contributed by atoms with E-state index in [-0.39, 0.29) is 0 Å². The Kier molecular flexibility index (Phi) is 4.47. The predicted octanol–water partition coefficient (Wildman–Crippen LogP) is 3.57. The summed E-state index contributed by atoms with van der Waals surface area (Å²) >= 11 is 0. The Labute approximate surface area is 81.9 Å². The highest BCUT2D eigenvalue weighted by molar-refractivity contribution is 5.78. The van der Waals surface area contributed by atoms with Crippen molar-refractivity contribution in [3.05, 3.63) is 0 Å². The number of rotatable bonds is 4. The Hall–Kier alpha value is -0.330. The van der Waals surface area contributed by atoms with E-state index in [1.807, 2.05) is 6.92 Å². The fourth-order valence-electron chi connectivity index (χ4n) is 2.37. The Morgan fingerprint density at radius 3 is 2.46 bits per heavy atom. The van der Waals surface area contributed by atoms with E-state index in [1.54, 1.807) is 0 Å². The molecule has 0 saturated heterocycles. The molecule has 0 amide bonds. The SMILES string of the molecule is CCC(=O)C[C@H](C)C1CCCCC1. The number of carbonyl (C=O) groups excluding carboxylic acids is 1. The van der Waals surface area contributed by atoms with Crippen LogP contribution in [0.25, 0.3) is 0 Å². The summed E-state index contributed by atoms with van der Waals surface area (Å²) in [5.74, 6) is 1.91. The summed E-state index contributed by atoms with van der Waals surface area (Å²) in [6.45, 7) is 4.22. The van der Waals surface area contributed by atoms with Gasteiger partial charge in [0.05, 0.1) is 0 Å². The Bertz CT molecular complexity index is 157. The monoisotopic (exact) mass is 182 g/mol. The summed E-state index contributed by atoms with van der Waals surface area (Å²) in [4.78, 5) is 11.3. The minimum Gasteiger partial charge on any atom is -0.300 e. The number of hydrogen-bond donors (Lipinski definition) is 0. The zero-order valence-corrected chi connectivity index (χ0v) is 9.01. The van der Waals surface area contributed by atoms with Gasteiger partial charge in [-0.15, -0.1) is 0 Å². The van der Waals surface area contributed by atoms with Crippen molar-refractivity contribution < 1.29 is 4.79 Å². The minimum absolute atomic E-state index is 0.443. The van der Waals surface area contributed by atoms with Crippen LogP contribution in [0.2, 0.25) is 0 Å². The largest absolute Gasteiger partial charge is 0.300 e. The summed E-state index contributed by atoms with van der Waals surface area (Å²) in [5.41, 5.74) is 0. The molecule has 1 saturated carbocycles. The molecule has 0 aromatic carbocycles. The van der Waals surface area contributed by atoms with Crippen molar-refractivity contribution in [1.82, 2.24) is 0 Å². The van der Waals surface area contributed by atoms with E-state index in [2.05, 4.69) is 6.92 Å². The van der Waals surface area contributed by atoms with Crippen molar-refractivity contribution in [3.8, 4) is 0 Å². The van der Waals surface area contributed by atoms with Gasteiger partial charge in [-0.25, -0.2) is 0 Å². The van der Waals surface area contributed by atoms with Crippen molar-refractivity contribution in [2.24, 2.45) is 11.8 Å². The second-order valence-electron chi connectivity index (χ2n) is 4.47. The quantitative estimate of drug-likeness (QED) is 0.649. The van der Waals surface area contributed by atoms with Gasteiger partial charge in [0.25, 0.3) is 0 Å². The standard InChI is InChI=1S/C12H22O/c1-3-12(13)9-10(2)11-7-5-4-6-8-11/h10-11H,3-9H2,1-2H3/t10-/m0/s1. The minimum atomic E-state index is 0.443. The molecule has 76 valence electrons. The molecule has 1 nitrogen and oxygen atoms in total. The van der Waals surface area contributed by atoms with Crippen molar-refractivity contribution in [1.29, 1.82) is 0 Å². The third kappa shape index (κ3) is 3.50. The van der Waals surface area contributed by atoms with E-state index in [1.165, 1.54) is 32.1 Å². The summed E-state index contributed by atoms with van der Waals surface area (Å²) in [6.07, 6.45) is 8.43. The third-order valence-corrected chi connectivity index (χ3v) is 3.40. The van der Waals surface area contributed by atoms with Crippen molar-refractivity contribution in [3.63, 3.8) is 0 Å². The summed E-state index contributed by atoms with van der Waals surface area (Å²) in [7, 11) is 0. The first-order chi connectivity index (χ1) is 6.24. The summed E-state index contributed by atoms with van der Waals surface area (Å²) < 4.78 is 0. The van der Waals surface area contributed by atoms with E-state index in [0.29, 0.717) is 11.7 Å². The first-order valence-electron chi connectivity index (χ1n) is 5.75. The second-order valence-corrected chi connectivity index (χ2v) is 4.47. The molecule has 1 fully saturated rings. The van der Waals surface area contributed by atoms with Crippen LogP contribution < -0.4 is 0 Å². The van der Waals surface area contributed by atoms with E-state index in [4.69, 9.17) is 0 Å². The number of ketones is 1. The van der Waals surface area contributed by atoms with Crippen LogP contribution in [0.1, 0.15) is 58.8 Å². The van der Waals surface area contributed by atoms with Gasteiger partial charge in [-0.3, -0.25) is 4.79 Å². The smallest absolute Gasteiger partial charge is 0.132 e. The first kappa shape index (κ1) is 10.7. The second kappa shape index (κ2) is 5.41. The van der Waals surface area contributed by atoms with E-state index >= 15 is 0 Å². The molecule has 0 heterocycles. The molecule has 1 aliphatic rings. The lowest BCUT2D eigenvalue weighted by molar-refractivity contribution is -0.120. The average molecular weight is 182 g/mol. The molecule has 1 aliphatic carbocycles. The van der Waals surface area contributed by atoms with Crippen LogP contribution in [-0.4, -0.2) is 5.78 Å². The Morgan fingerprint density at radius 1 is 1.31 bits per heavy atom. The molecule has 1 rings (SSSR count). The van der Waals surface area contributed by atoms with Gasteiger partial charge in [0.15, 0.2) is 0 Å². The molecule has 0 spiro atoms. The molecular formula is C12H22O. The van der Waals surface area contributed by atoms with Gasteiger partial charge < -0.3 is 0 Å². The highest BCUT2D eigenvalue weighted by Gasteiger charge is 2.21. The van der Waals surface area contributed by atoms with Gasteiger partial charge in [-0.1, -0.05) is 46.0 Å². The van der Waals surface area contributed by atoms with Gasteiger partial charge in [0, 0.05) is 12.8 Å². The maximum Gasteiger partial charge on any atom is 0.132 e. The molecule has 0 radical (unpaired) electrons. The molecule has 0 unspecified atom stereocenters. The van der Waals surface area contributed by atoms with Gasteiger partial charge in [-0.2, -0.15) is 0 Å². The fourth-order valence-corrected chi connectivity index (χ4v) is 2.37. The van der Waals surface area contributed by atoms with Crippen LogP contribution in [0.15, 0.2) is 0 Å². The lowest BCUT2D eigenvalue weighted by atomic mass is 9.79. The van der Waals surface area contributed by atoms with Crippen molar-refractivity contribution >= 4 is 5.78 Å². The molecule has 0 aromatic heterocycles. The van der Waals surface area contributed by atoms with Crippen LogP contribution in [0.3, 0.4) is 0 Å². The van der Waals surface area contributed by atoms with E-state index < -0.39 is 0 Å². The fraction of sp³-hybridized carbons (Fsp3) is 0.917. The Morgan fingerprint density at radius 2 is 1.92 bits per heavy atom. The number of carbonyl (C=O) groups is 1. The van der Waals surface area contributed by atoms with Crippen LogP contribution >= 0.6 is 0 Å². The summed E-state index contributed by atoms with van der Waals surface area (Å²) in [5, 5.41) is 0. The molecule has 1 atom stereocenters. The maximum atomic E-state index is 11.3. The van der Waals surface area contributed by atoms with E-state index in [9.17, 15) is 4.79 Å². The maximum absolute atomic E-state index is 11.3. The van der Waals surface area contributed by atoms with Crippen LogP contribution in [0.4, 0.5) is 0 Å². The highest BCUT2D eigenvalue weighted by Crippen LogP contribution is 2.31. The van der Waals surface area contributed by atoms with Gasteiger partial charge in [0.2, 0.25) is 0 Å². The van der Waals surface area contributed by atoms with Crippen LogP contribution in [0.5, 0.6) is 0 Å². The zero-order valence-electron chi connectivity index (χ0n) is 9.01. The highest BCUT2D eigenvalue weighted by atomic mass is 16.1. The molecule has 0 aromatic rings. The molecular weight excluding hydrogens is 160 g/mol. The first-order valence-corrected chi connectivity index (χ1v) is 5.75. The van der Waals surface area contributed by atoms with Gasteiger partial charge in [0.1, 0.15) is 5.78 Å². The topological polar surface area (TPSA) is 17.1 Å². The van der Waals surface area contributed by atoms with Crippen molar-refractivity contribution in [2.75, 3.05) is 0 Å². The molecule has 0 N–H and O–H groups in total. The lowest BCUT2D eigenvalue weighted by Crippen LogP contribution is -2.18. The van der Waals surface area contributed by atoms with Gasteiger partial charge >= 0.3 is 0 Å². The Balaban J connectivity index is 2.28. The molecule has 0 aliphatic heterocycles. The van der Waals surface area contributed by atoms with Crippen molar-refractivity contribution in [2.45, 2.75) is 58.8 Å². The summed E-state index contributed by atoms with van der Waals surface area (Å²) in [6, 6.07) is 0. The average Bonchev–Trinajstić information content (AvgIpc) is 2.19. The third-order valence-electron chi connectivity index (χ3n) is 3.40. The molecule has 1 heteroatoms. The van der Waals surface area contributed by atoms with E-state index in [0.717, 1.165) is 18.8 Å². The molecule has 13 heavy (non-hydrogen) atoms. The van der Waals surface area contributed by atoms with Crippen LogP contribution in [-0.2, 0) is 4.79 Å².